The first-order chi connectivity index (χ1) is 13.5. The predicted molar refractivity (Wildman–Crippen MR) is 106 cm³/mol. The van der Waals surface area contributed by atoms with E-state index in [9.17, 15) is 14.0 Å². The second kappa shape index (κ2) is 8.90. The number of halogens is 1. The summed E-state index contributed by atoms with van der Waals surface area (Å²) in [5, 5.41) is 5.93. The quantitative estimate of drug-likeness (QED) is 0.607. The Morgan fingerprint density at radius 2 is 1.71 bits per heavy atom. The first kappa shape index (κ1) is 19.2. The van der Waals surface area contributed by atoms with Crippen molar-refractivity contribution in [3.63, 3.8) is 0 Å². The van der Waals surface area contributed by atoms with Gasteiger partial charge in [-0.05, 0) is 55.3 Å². The van der Waals surface area contributed by atoms with Crippen LogP contribution < -0.4 is 10.6 Å². The second-order valence-corrected chi connectivity index (χ2v) is 6.32. The summed E-state index contributed by atoms with van der Waals surface area (Å²) in [6, 6.07) is 15.2. The summed E-state index contributed by atoms with van der Waals surface area (Å²) < 4.78 is 13.6. The summed E-state index contributed by atoms with van der Waals surface area (Å²) in [7, 11) is 0. The topological polar surface area (TPSA) is 71.1 Å². The minimum absolute atomic E-state index is 0.00210. The smallest absolute Gasteiger partial charge is 0.252 e. The molecule has 0 aliphatic heterocycles. The molecule has 0 atom stereocenters. The van der Waals surface area contributed by atoms with Crippen molar-refractivity contribution in [2.75, 3.05) is 11.9 Å². The van der Waals surface area contributed by atoms with Crippen LogP contribution in [0.4, 0.5) is 15.8 Å². The number of carbonyl (C=O) groups excluding carboxylic acids is 2. The van der Waals surface area contributed by atoms with Crippen LogP contribution in [0.2, 0.25) is 0 Å². The molecule has 0 bridgehead atoms. The van der Waals surface area contributed by atoms with E-state index in [0.29, 0.717) is 35.3 Å². The molecule has 2 N–H and O–H groups in total. The molecule has 5 nitrogen and oxygen atoms in total. The number of pyridine rings is 1. The molecule has 6 heteroatoms. The van der Waals surface area contributed by atoms with Crippen molar-refractivity contribution in [2.45, 2.75) is 13.3 Å². The average molecular weight is 377 g/mol. The summed E-state index contributed by atoms with van der Waals surface area (Å²) in [4.78, 5) is 27.8. The molecule has 3 aromatic rings. The van der Waals surface area contributed by atoms with E-state index < -0.39 is 0 Å². The van der Waals surface area contributed by atoms with Crippen LogP contribution in [0.25, 0.3) is 0 Å². The third-order valence-electron chi connectivity index (χ3n) is 4.22. The van der Waals surface area contributed by atoms with Gasteiger partial charge in [0.15, 0.2) is 5.78 Å². The van der Waals surface area contributed by atoms with Crippen LogP contribution in [0.5, 0.6) is 0 Å². The molecule has 1 heterocycles. The molecule has 142 valence electrons. The molecule has 0 aliphatic carbocycles. The number of nitrogens with zero attached hydrogens (tertiary/aromatic N) is 1. The van der Waals surface area contributed by atoms with Gasteiger partial charge < -0.3 is 10.6 Å². The van der Waals surface area contributed by atoms with Crippen molar-refractivity contribution < 1.29 is 14.0 Å². The Bertz CT molecular complexity index is 987. The van der Waals surface area contributed by atoms with Crippen molar-refractivity contribution in [1.82, 2.24) is 10.3 Å². The van der Waals surface area contributed by atoms with E-state index in [0.717, 1.165) is 5.69 Å². The number of nitrogens with one attached hydrogen (secondary N) is 2. The Balaban J connectivity index is 1.59. The van der Waals surface area contributed by atoms with Crippen LogP contribution in [0, 0.1) is 5.82 Å². The monoisotopic (exact) mass is 377 g/mol. The third kappa shape index (κ3) is 5.01. The maximum Gasteiger partial charge on any atom is 0.252 e. The number of hydrogen-bond acceptors (Lipinski definition) is 4. The lowest BCUT2D eigenvalue weighted by atomic mass is 10.1. The molecule has 1 amide bonds. The van der Waals surface area contributed by atoms with Gasteiger partial charge in [-0.3, -0.25) is 14.6 Å². The molecule has 0 spiro atoms. The van der Waals surface area contributed by atoms with Gasteiger partial charge in [-0.15, -0.1) is 0 Å². The highest BCUT2D eigenvalue weighted by atomic mass is 19.1. The molecule has 2 aromatic carbocycles. The van der Waals surface area contributed by atoms with E-state index in [4.69, 9.17) is 0 Å². The van der Waals surface area contributed by atoms with Gasteiger partial charge in [-0.2, -0.15) is 0 Å². The fourth-order valence-corrected chi connectivity index (χ4v) is 2.70. The number of benzene rings is 2. The Kier molecular flexibility index (Phi) is 6.11. The van der Waals surface area contributed by atoms with Gasteiger partial charge in [0.1, 0.15) is 5.82 Å². The minimum Gasteiger partial charge on any atom is -0.354 e. The highest BCUT2D eigenvalue weighted by Crippen LogP contribution is 2.17. The third-order valence-corrected chi connectivity index (χ3v) is 4.22. The second-order valence-electron chi connectivity index (χ2n) is 6.32. The van der Waals surface area contributed by atoms with Crippen LogP contribution in [-0.2, 0) is 6.42 Å². The van der Waals surface area contributed by atoms with E-state index in [1.807, 2.05) is 0 Å². The minimum atomic E-state index is -0.278. The summed E-state index contributed by atoms with van der Waals surface area (Å²) in [5.74, 6) is -0.554. The van der Waals surface area contributed by atoms with Crippen molar-refractivity contribution in [1.29, 1.82) is 0 Å². The number of anilines is 2. The molecule has 1 aromatic heterocycles. The van der Waals surface area contributed by atoms with Crippen LogP contribution in [0.15, 0.2) is 67.0 Å². The number of amides is 1. The zero-order valence-electron chi connectivity index (χ0n) is 15.4. The van der Waals surface area contributed by atoms with Crippen molar-refractivity contribution in [2.24, 2.45) is 0 Å². The largest absolute Gasteiger partial charge is 0.354 e. The normalized spacial score (nSPS) is 10.4. The summed E-state index contributed by atoms with van der Waals surface area (Å²) >= 11 is 0. The highest BCUT2D eigenvalue weighted by molar-refractivity contribution is 5.95. The van der Waals surface area contributed by atoms with Crippen LogP contribution in [0.3, 0.4) is 0 Å². The van der Waals surface area contributed by atoms with Gasteiger partial charge in [-0.1, -0.05) is 18.2 Å². The maximum atomic E-state index is 13.6. The number of aromatic nitrogens is 1. The lowest BCUT2D eigenvalue weighted by molar-refractivity contribution is 0.0952. The maximum absolute atomic E-state index is 13.6. The lowest BCUT2D eigenvalue weighted by Gasteiger charge is -2.09. The molecule has 0 saturated heterocycles. The van der Waals surface area contributed by atoms with E-state index in [-0.39, 0.29) is 17.5 Å². The zero-order chi connectivity index (χ0) is 19.9. The molecular weight excluding hydrogens is 357 g/mol. The van der Waals surface area contributed by atoms with Crippen molar-refractivity contribution >= 4 is 23.1 Å². The number of rotatable bonds is 7. The number of ketones is 1. The van der Waals surface area contributed by atoms with Gasteiger partial charge in [0.05, 0.1) is 17.4 Å². The summed E-state index contributed by atoms with van der Waals surface area (Å²) in [6.45, 7) is 1.84. The van der Waals surface area contributed by atoms with Gasteiger partial charge in [0.2, 0.25) is 0 Å². The van der Waals surface area contributed by atoms with Crippen LogP contribution in [-0.4, -0.2) is 23.2 Å². The summed E-state index contributed by atoms with van der Waals surface area (Å²) in [6.07, 6.45) is 3.49. The first-order valence-corrected chi connectivity index (χ1v) is 8.87. The molecule has 0 saturated carbocycles. The lowest BCUT2D eigenvalue weighted by Crippen LogP contribution is -2.26. The summed E-state index contributed by atoms with van der Waals surface area (Å²) in [5.41, 5.74) is 3.03. The van der Waals surface area contributed by atoms with Crippen LogP contribution in [0.1, 0.15) is 33.2 Å². The van der Waals surface area contributed by atoms with E-state index in [2.05, 4.69) is 15.6 Å². The molecule has 0 unspecified atom stereocenters. The highest BCUT2D eigenvalue weighted by Gasteiger charge is 2.08. The van der Waals surface area contributed by atoms with E-state index >= 15 is 0 Å². The molecular formula is C22H20FN3O2. The van der Waals surface area contributed by atoms with E-state index in [1.54, 1.807) is 54.7 Å². The zero-order valence-corrected chi connectivity index (χ0v) is 15.4. The standard InChI is InChI=1S/C22H20FN3O2/c1-15(27)16-6-8-19(9-7-16)26-20-12-18(13-24-14-20)22(28)25-11-10-17-4-2-3-5-21(17)23/h2-9,12-14,26H,10-11H2,1H3,(H,25,28). The number of Topliss-reactive ketones (excluding diaryl/α,β-unsaturated/α-hetero) is 1. The average Bonchev–Trinajstić information content (AvgIpc) is 2.70. The Labute approximate surface area is 162 Å². The molecule has 3 rings (SSSR count). The molecule has 0 fully saturated rings. The van der Waals surface area contributed by atoms with Gasteiger partial charge in [-0.25, -0.2) is 4.39 Å². The van der Waals surface area contributed by atoms with Gasteiger partial charge in [0, 0.05) is 24.0 Å². The fourth-order valence-electron chi connectivity index (χ4n) is 2.70. The van der Waals surface area contributed by atoms with E-state index in [1.165, 1.54) is 19.2 Å². The number of hydrogen-bond donors (Lipinski definition) is 2. The van der Waals surface area contributed by atoms with Gasteiger partial charge in [0.25, 0.3) is 5.91 Å². The molecule has 0 radical (unpaired) electrons. The van der Waals surface area contributed by atoms with Crippen molar-refractivity contribution in [3.8, 4) is 0 Å². The fraction of sp³-hybridized carbons (Fsp3) is 0.136. The SMILES string of the molecule is CC(=O)c1ccc(Nc2cncc(C(=O)NCCc3ccccc3F)c2)cc1. The Hall–Kier alpha value is -3.54. The molecule has 28 heavy (non-hydrogen) atoms. The Morgan fingerprint density at radius 1 is 0.964 bits per heavy atom. The predicted octanol–water partition coefficient (Wildman–Crippen LogP) is 4.14. The first-order valence-electron chi connectivity index (χ1n) is 8.87. The number of carbonyl (C=O) groups is 2. The Morgan fingerprint density at radius 3 is 2.43 bits per heavy atom. The van der Waals surface area contributed by atoms with Crippen LogP contribution >= 0.6 is 0 Å². The molecule has 0 aliphatic rings. The van der Waals surface area contributed by atoms with Crippen molar-refractivity contribution in [3.05, 3.63) is 89.5 Å². The van der Waals surface area contributed by atoms with Gasteiger partial charge >= 0.3 is 0 Å².